The molecule has 1 aliphatic rings. The lowest BCUT2D eigenvalue weighted by Crippen LogP contribution is -2.60. The maximum absolute atomic E-state index is 13.1. The fourth-order valence-corrected chi connectivity index (χ4v) is 4.18. The summed E-state index contributed by atoms with van der Waals surface area (Å²) < 4.78 is 0. The van der Waals surface area contributed by atoms with Gasteiger partial charge in [0.25, 0.3) is 0 Å². The third-order valence-electron chi connectivity index (χ3n) is 5.13. The van der Waals surface area contributed by atoms with E-state index in [1.165, 1.54) is 4.90 Å². The third-order valence-corrected chi connectivity index (χ3v) is 6.03. The molecule has 33 heavy (non-hydrogen) atoms. The molecular weight excluding hydrogens is 452 g/mol. The van der Waals surface area contributed by atoms with Gasteiger partial charge in [-0.3, -0.25) is 24.0 Å². The minimum atomic E-state index is -1.06. The van der Waals surface area contributed by atoms with E-state index >= 15 is 0 Å². The molecule has 180 valence electrons. The van der Waals surface area contributed by atoms with E-state index < -0.39 is 54.3 Å². The first-order valence-corrected chi connectivity index (χ1v) is 11.5. The number of primary amides is 1. The Morgan fingerprint density at radius 3 is 2.45 bits per heavy atom. The molecule has 1 heterocycles. The number of carboxylic acid groups (broad SMARTS) is 1. The van der Waals surface area contributed by atoms with Crippen LogP contribution in [-0.2, 0) is 30.4 Å². The summed E-state index contributed by atoms with van der Waals surface area (Å²) >= 11 is 0.913. The Hall–Kier alpha value is -3.12. The Balaban J connectivity index is 2.14. The number of aliphatic hydroxyl groups excluding tert-OH is 1. The number of hydrogen-bond donors (Lipinski definition) is 5. The van der Waals surface area contributed by atoms with Gasteiger partial charge < -0.3 is 31.5 Å². The number of piperidine rings is 1. The molecule has 6 N–H and O–H groups in total. The summed E-state index contributed by atoms with van der Waals surface area (Å²) in [4.78, 5) is 61.4. The van der Waals surface area contributed by atoms with E-state index in [0.29, 0.717) is 6.42 Å². The van der Waals surface area contributed by atoms with Gasteiger partial charge in [0, 0.05) is 19.0 Å². The van der Waals surface area contributed by atoms with Crippen molar-refractivity contribution < 1.29 is 34.2 Å². The monoisotopic (exact) mass is 480 g/mol. The second-order valence-electron chi connectivity index (χ2n) is 7.59. The van der Waals surface area contributed by atoms with Crippen LogP contribution in [0.4, 0.5) is 0 Å². The van der Waals surface area contributed by atoms with Crippen LogP contribution in [0.15, 0.2) is 30.3 Å². The molecule has 1 fully saturated rings. The number of aliphatic carboxylic acids is 1. The summed E-state index contributed by atoms with van der Waals surface area (Å²) in [6.07, 6.45) is 0.597. The second kappa shape index (κ2) is 12.8. The summed E-state index contributed by atoms with van der Waals surface area (Å²) in [7, 11) is 0. The Labute approximate surface area is 195 Å². The molecule has 2 rings (SSSR count). The van der Waals surface area contributed by atoms with Gasteiger partial charge in [-0.05, 0) is 18.4 Å². The summed E-state index contributed by atoms with van der Waals surface area (Å²) in [5, 5.41) is 23.0. The van der Waals surface area contributed by atoms with Crippen molar-refractivity contribution in [3.05, 3.63) is 35.9 Å². The van der Waals surface area contributed by atoms with Crippen molar-refractivity contribution in [2.45, 2.75) is 37.4 Å². The van der Waals surface area contributed by atoms with Gasteiger partial charge in [-0.25, -0.2) is 0 Å². The number of nitrogens with one attached hydrogen (secondary N) is 2. The zero-order valence-electron chi connectivity index (χ0n) is 17.9. The SMILES string of the molecule is NC(=O)[C@@H](Cc1ccccc1)NC(=O)[C@@H]1C[C@@H](NC(=O)CO)CCN1C(=O)CSCC(=O)O. The van der Waals surface area contributed by atoms with Crippen LogP contribution >= 0.6 is 11.8 Å². The average Bonchev–Trinajstić information content (AvgIpc) is 2.78. The van der Waals surface area contributed by atoms with E-state index in [9.17, 15) is 24.0 Å². The van der Waals surface area contributed by atoms with Gasteiger partial charge in [0.15, 0.2) is 0 Å². The smallest absolute Gasteiger partial charge is 0.313 e. The van der Waals surface area contributed by atoms with E-state index in [2.05, 4.69) is 10.6 Å². The molecule has 0 unspecified atom stereocenters. The predicted octanol–water partition coefficient (Wildman–Crippen LogP) is -1.51. The lowest BCUT2D eigenvalue weighted by Gasteiger charge is -2.39. The van der Waals surface area contributed by atoms with E-state index in [4.69, 9.17) is 15.9 Å². The van der Waals surface area contributed by atoms with Crippen LogP contribution in [0.2, 0.25) is 0 Å². The number of likely N-dealkylation sites (tertiary alicyclic amines) is 1. The molecule has 0 bridgehead atoms. The first kappa shape index (κ1) is 26.1. The molecule has 3 atom stereocenters. The number of hydrogen-bond acceptors (Lipinski definition) is 7. The Morgan fingerprint density at radius 2 is 1.85 bits per heavy atom. The third kappa shape index (κ3) is 8.39. The quantitative estimate of drug-likeness (QED) is 0.253. The van der Waals surface area contributed by atoms with Crippen molar-refractivity contribution in [2.75, 3.05) is 24.7 Å². The van der Waals surface area contributed by atoms with Crippen molar-refractivity contribution >= 4 is 41.4 Å². The van der Waals surface area contributed by atoms with Gasteiger partial charge in [-0.15, -0.1) is 11.8 Å². The van der Waals surface area contributed by atoms with Crippen molar-refractivity contribution in [2.24, 2.45) is 5.73 Å². The van der Waals surface area contributed by atoms with Crippen molar-refractivity contribution in [3.63, 3.8) is 0 Å². The number of thioether (sulfide) groups is 1. The molecule has 12 heteroatoms. The van der Waals surface area contributed by atoms with Gasteiger partial charge in [0.2, 0.25) is 23.6 Å². The van der Waals surface area contributed by atoms with Gasteiger partial charge in [0.05, 0.1) is 11.5 Å². The van der Waals surface area contributed by atoms with Crippen molar-refractivity contribution in [1.29, 1.82) is 0 Å². The standard InChI is InChI=1S/C21H28N4O7S/c22-20(31)15(8-13-4-2-1-3-5-13)24-21(32)16-9-14(23-17(27)10-26)6-7-25(16)18(28)11-33-12-19(29)30/h1-5,14-16,26H,6-12H2,(H2,22,31)(H,23,27)(H,24,32)(H,29,30)/t14-,15+,16-/m0/s1. The molecular formula is C21H28N4O7S. The first-order chi connectivity index (χ1) is 15.7. The number of carbonyl (C=O) groups excluding carboxylic acids is 4. The summed E-state index contributed by atoms with van der Waals surface area (Å²) in [6.45, 7) is -0.566. The number of aliphatic hydroxyl groups is 1. The maximum atomic E-state index is 13.1. The zero-order chi connectivity index (χ0) is 24.4. The molecule has 1 aromatic rings. The van der Waals surface area contributed by atoms with Crippen LogP contribution in [0.25, 0.3) is 0 Å². The van der Waals surface area contributed by atoms with Crippen LogP contribution < -0.4 is 16.4 Å². The molecule has 0 radical (unpaired) electrons. The van der Waals surface area contributed by atoms with Gasteiger partial charge in [-0.2, -0.15) is 0 Å². The molecule has 0 spiro atoms. The molecule has 1 aliphatic heterocycles. The van der Waals surface area contributed by atoms with Crippen molar-refractivity contribution in [1.82, 2.24) is 15.5 Å². The summed E-state index contributed by atoms with van der Waals surface area (Å²) in [5.41, 5.74) is 6.27. The highest BCUT2D eigenvalue weighted by Crippen LogP contribution is 2.20. The number of nitrogens with zero attached hydrogens (tertiary/aromatic N) is 1. The van der Waals surface area contributed by atoms with Crippen molar-refractivity contribution in [3.8, 4) is 0 Å². The summed E-state index contributed by atoms with van der Waals surface area (Å²) in [5.74, 6) is -3.81. The molecule has 1 aromatic carbocycles. The number of benzene rings is 1. The van der Waals surface area contributed by atoms with Crippen LogP contribution in [-0.4, -0.2) is 87.5 Å². The fraction of sp³-hybridized carbons (Fsp3) is 0.476. The first-order valence-electron chi connectivity index (χ1n) is 10.3. The number of carbonyl (C=O) groups is 5. The number of nitrogens with two attached hydrogens (primary N) is 1. The molecule has 0 saturated carbocycles. The summed E-state index contributed by atoms with van der Waals surface area (Å²) in [6, 6.07) is 6.51. The lowest BCUT2D eigenvalue weighted by molar-refractivity contribution is -0.142. The van der Waals surface area contributed by atoms with Crippen LogP contribution in [0.1, 0.15) is 18.4 Å². The Kier molecular flexibility index (Phi) is 10.1. The normalized spacial score (nSPS) is 18.8. The Bertz CT molecular complexity index is 867. The average molecular weight is 481 g/mol. The molecule has 1 saturated heterocycles. The highest BCUT2D eigenvalue weighted by Gasteiger charge is 2.37. The fourth-order valence-electron chi connectivity index (χ4n) is 3.57. The van der Waals surface area contributed by atoms with E-state index in [1.54, 1.807) is 24.3 Å². The topological polar surface area (TPSA) is 179 Å². The van der Waals surface area contributed by atoms with Crippen LogP contribution in [0, 0.1) is 0 Å². The minimum Gasteiger partial charge on any atom is -0.481 e. The maximum Gasteiger partial charge on any atom is 0.313 e. The molecule has 0 aliphatic carbocycles. The minimum absolute atomic E-state index is 0.0731. The number of rotatable bonds is 11. The van der Waals surface area contributed by atoms with Crippen LogP contribution in [0.5, 0.6) is 0 Å². The lowest BCUT2D eigenvalue weighted by atomic mass is 9.95. The number of amides is 4. The molecule has 4 amide bonds. The Morgan fingerprint density at radius 1 is 1.15 bits per heavy atom. The van der Waals surface area contributed by atoms with Crippen LogP contribution in [0.3, 0.4) is 0 Å². The largest absolute Gasteiger partial charge is 0.481 e. The molecule has 11 nitrogen and oxygen atoms in total. The van der Waals surface area contributed by atoms with Gasteiger partial charge in [0.1, 0.15) is 18.7 Å². The van der Waals surface area contributed by atoms with E-state index in [1.807, 2.05) is 6.07 Å². The highest BCUT2D eigenvalue weighted by molar-refractivity contribution is 8.00. The van der Waals surface area contributed by atoms with Gasteiger partial charge >= 0.3 is 5.97 Å². The van der Waals surface area contributed by atoms with Gasteiger partial charge in [-0.1, -0.05) is 30.3 Å². The van der Waals surface area contributed by atoms with E-state index in [-0.39, 0.29) is 30.9 Å². The number of carboxylic acids is 1. The molecule has 0 aromatic heterocycles. The zero-order valence-corrected chi connectivity index (χ0v) is 18.8. The predicted molar refractivity (Wildman–Crippen MR) is 120 cm³/mol. The van der Waals surface area contributed by atoms with E-state index in [0.717, 1.165) is 17.3 Å². The second-order valence-corrected chi connectivity index (χ2v) is 8.58. The highest BCUT2D eigenvalue weighted by atomic mass is 32.2.